The fourth-order valence-electron chi connectivity index (χ4n) is 2.65. The van der Waals surface area contributed by atoms with Gasteiger partial charge in [0.25, 0.3) is 5.91 Å². The first-order valence-electron chi connectivity index (χ1n) is 6.79. The van der Waals surface area contributed by atoms with Gasteiger partial charge in [-0.25, -0.2) is 0 Å². The van der Waals surface area contributed by atoms with Crippen molar-refractivity contribution < 1.29 is 9.59 Å². The van der Waals surface area contributed by atoms with Gasteiger partial charge in [0.05, 0.1) is 13.1 Å². The third kappa shape index (κ3) is 2.34. The minimum Gasteiger partial charge on any atom is -0.345 e. The lowest BCUT2D eigenvalue weighted by molar-refractivity contribution is -0.154. The highest BCUT2D eigenvalue weighted by Crippen LogP contribution is 2.33. The highest BCUT2D eigenvalue weighted by Gasteiger charge is 2.46. The van der Waals surface area contributed by atoms with Gasteiger partial charge < -0.3 is 10.2 Å². The molecule has 2 aromatic rings. The Morgan fingerprint density at radius 3 is 2.62 bits per heavy atom. The monoisotopic (exact) mass is 300 g/mol. The Kier molecular flexibility index (Phi) is 3.51. The van der Waals surface area contributed by atoms with Crippen molar-refractivity contribution >= 4 is 23.2 Å². The second kappa shape index (κ2) is 5.33. The fourth-order valence-corrected chi connectivity index (χ4v) is 3.34. The third-order valence-corrected chi connectivity index (χ3v) is 4.77. The molecule has 1 N–H and O–H groups in total. The van der Waals surface area contributed by atoms with Crippen molar-refractivity contribution in [3.05, 3.63) is 58.3 Å². The van der Waals surface area contributed by atoms with E-state index in [9.17, 15) is 9.59 Å². The van der Waals surface area contributed by atoms with Crippen molar-refractivity contribution in [1.29, 1.82) is 0 Å². The molecule has 0 radical (unpaired) electrons. The molecule has 108 valence electrons. The SMILES string of the molecule is CC1(c2ccccc2)C(=O)NCC(=O)N1Cc1cccs1. The van der Waals surface area contributed by atoms with Crippen LogP contribution in [-0.4, -0.2) is 23.3 Å². The van der Waals surface area contributed by atoms with Crippen molar-refractivity contribution in [2.75, 3.05) is 6.54 Å². The van der Waals surface area contributed by atoms with E-state index < -0.39 is 5.54 Å². The van der Waals surface area contributed by atoms with E-state index in [4.69, 9.17) is 0 Å². The minimum absolute atomic E-state index is 0.0608. The number of piperazine rings is 1. The highest BCUT2D eigenvalue weighted by molar-refractivity contribution is 7.09. The Morgan fingerprint density at radius 1 is 1.19 bits per heavy atom. The topological polar surface area (TPSA) is 49.4 Å². The lowest BCUT2D eigenvalue weighted by Gasteiger charge is -2.43. The normalized spacial score (nSPS) is 22.2. The van der Waals surface area contributed by atoms with E-state index in [2.05, 4.69) is 5.32 Å². The van der Waals surface area contributed by atoms with E-state index in [-0.39, 0.29) is 18.4 Å². The largest absolute Gasteiger partial charge is 0.345 e. The number of carbonyl (C=O) groups excluding carboxylic acids is 2. The quantitative estimate of drug-likeness (QED) is 0.944. The smallest absolute Gasteiger partial charge is 0.250 e. The van der Waals surface area contributed by atoms with E-state index >= 15 is 0 Å². The summed E-state index contributed by atoms with van der Waals surface area (Å²) in [5, 5.41) is 4.68. The molecule has 5 heteroatoms. The summed E-state index contributed by atoms with van der Waals surface area (Å²) >= 11 is 1.59. The number of rotatable bonds is 3. The Hall–Kier alpha value is -2.14. The van der Waals surface area contributed by atoms with Crippen molar-refractivity contribution in [3.63, 3.8) is 0 Å². The number of amides is 2. The first-order valence-corrected chi connectivity index (χ1v) is 7.67. The molecule has 1 aliphatic rings. The molecule has 1 saturated heterocycles. The number of carbonyl (C=O) groups is 2. The summed E-state index contributed by atoms with van der Waals surface area (Å²) < 4.78 is 0. The van der Waals surface area contributed by atoms with Crippen LogP contribution in [0, 0.1) is 0 Å². The molecule has 1 aromatic heterocycles. The van der Waals surface area contributed by atoms with E-state index in [1.165, 1.54) is 0 Å². The van der Waals surface area contributed by atoms with E-state index in [0.717, 1.165) is 10.4 Å². The molecule has 0 bridgehead atoms. The first-order chi connectivity index (χ1) is 10.1. The zero-order chi connectivity index (χ0) is 14.9. The lowest BCUT2D eigenvalue weighted by Crippen LogP contribution is -2.63. The Bertz CT molecular complexity index is 654. The summed E-state index contributed by atoms with van der Waals surface area (Å²) in [5.41, 5.74) is -0.146. The van der Waals surface area contributed by atoms with Crippen LogP contribution in [-0.2, 0) is 21.7 Å². The van der Waals surface area contributed by atoms with Crippen LogP contribution < -0.4 is 5.32 Å². The molecular formula is C16H16N2O2S. The lowest BCUT2D eigenvalue weighted by atomic mass is 9.87. The van der Waals surface area contributed by atoms with Crippen molar-refractivity contribution in [1.82, 2.24) is 10.2 Å². The number of hydrogen-bond acceptors (Lipinski definition) is 3. The first kappa shape index (κ1) is 13.8. The molecule has 0 saturated carbocycles. The van der Waals surface area contributed by atoms with Gasteiger partial charge in [0.15, 0.2) is 0 Å². The predicted octanol–water partition coefficient (Wildman–Crippen LogP) is 2.12. The maximum absolute atomic E-state index is 12.5. The van der Waals surface area contributed by atoms with Crippen molar-refractivity contribution in [2.45, 2.75) is 19.0 Å². The number of hydrogen-bond donors (Lipinski definition) is 1. The van der Waals surface area contributed by atoms with Gasteiger partial charge in [-0.2, -0.15) is 0 Å². The van der Waals surface area contributed by atoms with Crippen molar-refractivity contribution in [3.8, 4) is 0 Å². The number of nitrogens with one attached hydrogen (secondary N) is 1. The standard InChI is InChI=1S/C16H16N2O2S/c1-16(12-6-3-2-4-7-12)15(20)17-10-14(19)18(16)11-13-8-5-9-21-13/h2-9H,10-11H2,1H3,(H,17,20). The summed E-state index contributed by atoms with van der Waals surface area (Å²) in [6.45, 7) is 2.32. The third-order valence-electron chi connectivity index (χ3n) is 3.91. The van der Waals surface area contributed by atoms with Gasteiger partial charge in [-0.1, -0.05) is 36.4 Å². The molecule has 0 spiro atoms. The summed E-state index contributed by atoms with van der Waals surface area (Å²) in [5.74, 6) is -0.195. The number of benzene rings is 1. The summed E-state index contributed by atoms with van der Waals surface area (Å²) in [4.78, 5) is 27.6. The van der Waals surface area contributed by atoms with E-state index in [1.807, 2.05) is 54.8 Å². The molecule has 1 unspecified atom stereocenters. The average Bonchev–Trinajstić information content (AvgIpc) is 3.02. The Morgan fingerprint density at radius 2 is 1.95 bits per heavy atom. The van der Waals surface area contributed by atoms with Crippen LogP contribution in [0.5, 0.6) is 0 Å². The maximum Gasteiger partial charge on any atom is 0.250 e. The van der Waals surface area contributed by atoms with Crippen LogP contribution >= 0.6 is 11.3 Å². The zero-order valence-corrected chi connectivity index (χ0v) is 12.5. The molecule has 21 heavy (non-hydrogen) atoms. The van der Waals surface area contributed by atoms with Gasteiger partial charge in [-0.15, -0.1) is 11.3 Å². The van der Waals surface area contributed by atoms with Gasteiger partial charge in [-0.3, -0.25) is 9.59 Å². The van der Waals surface area contributed by atoms with E-state index in [0.29, 0.717) is 6.54 Å². The minimum atomic E-state index is -0.972. The summed E-state index contributed by atoms with van der Waals surface area (Å²) in [6.07, 6.45) is 0. The molecule has 1 fully saturated rings. The predicted molar refractivity (Wildman–Crippen MR) is 81.7 cm³/mol. The Labute approximate surface area is 127 Å². The molecule has 2 amide bonds. The summed E-state index contributed by atoms with van der Waals surface area (Å²) in [7, 11) is 0. The van der Waals surface area contributed by atoms with Crippen molar-refractivity contribution in [2.24, 2.45) is 0 Å². The maximum atomic E-state index is 12.5. The average molecular weight is 300 g/mol. The highest BCUT2D eigenvalue weighted by atomic mass is 32.1. The van der Waals surface area contributed by atoms with Crippen LogP contribution in [0.3, 0.4) is 0 Å². The zero-order valence-electron chi connectivity index (χ0n) is 11.7. The molecule has 1 atom stereocenters. The van der Waals surface area contributed by atoms with E-state index in [1.54, 1.807) is 16.2 Å². The molecule has 0 aliphatic carbocycles. The van der Waals surface area contributed by atoms with Crippen LogP contribution in [0.15, 0.2) is 47.8 Å². The summed E-state index contributed by atoms with van der Waals surface area (Å²) in [6, 6.07) is 13.4. The Balaban J connectivity index is 2.03. The number of nitrogens with zero attached hydrogens (tertiary/aromatic N) is 1. The van der Waals surface area contributed by atoms with Crippen LogP contribution in [0.1, 0.15) is 17.4 Å². The molecule has 4 nitrogen and oxygen atoms in total. The van der Waals surface area contributed by atoms with Gasteiger partial charge in [0, 0.05) is 4.88 Å². The molecule has 1 aliphatic heterocycles. The number of thiophene rings is 1. The molecule has 1 aromatic carbocycles. The molecule has 2 heterocycles. The van der Waals surface area contributed by atoms with Gasteiger partial charge in [0.1, 0.15) is 5.54 Å². The van der Waals surface area contributed by atoms with Gasteiger partial charge >= 0.3 is 0 Å². The van der Waals surface area contributed by atoms with Crippen LogP contribution in [0.2, 0.25) is 0 Å². The second-order valence-corrected chi connectivity index (χ2v) is 6.21. The van der Waals surface area contributed by atoms with Gasteiger partial charge in [0.2, 0.25) is 5.91 Å². The molecular weight excluding hydrogens is 284 g/mol. The second-order valence-electron chi connectivity index (χ2n) is 5.18. The van der Waals surface area contributed by atoms with Crippen LogP contribution in [0.25, 0.3) is 0 Å². The molecule has 3 rings (SSSR count). The van der Waals surface area contributed by atoms with Gasteiger partial charge in [-0.05, 0) is 23.9 Å². The fraction of sp³-hybridized carbons (Fsp3) is 0.250. The van der Waals surface area contributed by atoms with Crippen LogP contribution in [0.4, 0.5) is 0 Å².